The minimum absolute atomic E-state index is 0.00781. The van der Waals surface area contributed by atoms with Gasteiger partial charge >= 0.3 is 5.92 Å². The number of nitrogen functional groups attached to an aromatic ring is 1. The smallest absolute Gasteiger partial charge is 0.301 e. The summed E-state index contributed by atoms with van der Waals surface area (Å²) >= 11 is 0. The first-order chi connectivity index (χ1) is 17.4. The summed E-state index contributed by atoms with van der Waals surface area (Å²) in [5.74, 6) is -3.16. The molecular weight excluding hydrogens is 476 g/mol. The number of hydrogen-bond acceptors (Lipinski definition) is 6. The first-order valence-corrected chi connectivity index (χ1v) is 12.5. The number of nitriles is 1. The van der Waals surface area contributed by atoms with Gasteiger partial charge in [-0.1, -0.05) is 37.3 Å². The zero-order valence-corrected chi connectivity index (χ0v) is 21.2. The number of aromatic nitrogens is 1. The van der Waals surface area contributed by atoms with Crippen LogP contribution in [0.2, 0.25) is 0 Å². The molecule has 37 heavy (non-hydrogen) atoms. The van der Waals surface area contributed by atoms with Gasteiger partial charge in [-0.15, -0.1) is 0 Å². The highest BCUT2D eigenvalue weighted by Crippen LogP contribution is 2.46. The maximum absolute atomic E-state index is 15.3. The van der Waals surface area contributed by atoms with Gasteiger partial charge in [0.2, 0.25) is 0 Å². The molecule has 7 nitrogen and oxygen atoms in total. The predicted molar refractivity (Wildman–Crippen MR) is 139 cm³/mol. The van der Waals surface area contributed by atoms with Crippen LogP contribution >= 0.6 is 0 Å². The molecule has 0 saturated heterocycles. The van der Waals surface area contributed by atoms with Crippen LogP contribution < -0.4 is 17.0 Å². The Labute approximate surface area is 215 Å². The predicted octanol–water partition coefficient (Wildman–Crippen LogP) is 4.11. The van der Waals surface area contributed by atoms with E-state index in [2.05, 4.69) is 11.1 Å². The fraction of sp³-hybridized carbons (Fsp3) is 0.464. The maximum atomic E-state index is 15.3. The molecule has 1 aliphatic carbocycles. The summed E-state index contributed by atoms with van der Waals surface area (Å²) in [7, 11) is 0. The Morgan fingerprint density at radius 3 is 2.62 bits per heavy atom. The maximum Gasteiger partial charge on any atom is 0.301 e. The van der Waals surface area contributed by atoms with Gasteiger partial charge in [-0.05, 0) is 56.2 Å². The van der Waals surface area contributed by atoms with Crippen LogP contribution in [0, 0.1) is 17.2 Å². The molecule has 0 spiro atoms. The molecule has 9 heteroatoms. The van der Waals surface area contributed by atoms with Gasteiger partial charge in [0, 0.05) is 24.1 Å². The van der Waals surface area contributed by atoms with Gasteiger partial charge in [0.25, 0.3) is 5.56 Å². The minimum atomic E-state index is -3.50. The lowest BCUT2D eigenvalue weighted by Crippen LogP contribution is -2.42. The largest absolute Gasteiger partial charge is 0.384 e. The van der Waals surface area contributed by atoms with Crippen molar-refractivity contribution in [2.24, 2.45) is 16.6 Å². The Bertz CT molecular complexity index is 1350. The molecule has 4 rings (SSSR count). The molecule has 0 radical (unpaired) electrons. The second-order valence-corrected chi connectivity index (χ2v) is 10.6. The van der Waals surface area contributed by atoms with Gasteiger partial charge in [-0.3, -0.25) is 14.4 Å². The Hall–Kier alpha value is -3.51. The van der Waals surface area contributed by atoms with Crippen LogP contribution in [-0.2, 0) is 24.4 Å². The number of nitrogens with two attached hydrogens (primary N) is 2. The number of halogens is 2. The molecule has 1 aromatic heterocycles. The van der Waals surface area contributed by atoms with Crippen molar-refractivity contribution in [1.29, 1.82) is 5.26 Å². The molecule has 2 atom stereocenters. The van der Waals surface area contributed by atoms with E-state index < -0.39 is 16.9 Å². The van der Waals surface area contributed by atoms with E-state index in [0.29, 0.717) is 48.9 Å². The highest BCUT2D eigenvalue weighted by molar-refractivity contribution is 6.01. The number of nitrogens with zero attached hydrogens (tertiary/aromatic N) is 3. The van der Waals surface area contributed by atoms with Crippen LogP contribution in [0.5, 0.6) is 0 Å². The Morgan fingerprint density at radius 1 is 1.22 bits per heavy atom. The SMILES string of the molecule is CC1C/C=C\CC(C)(O)C(F)(F)c2cccc(c2)CN=C(N)c2cc(C3(C#N)CC3)c(=O)n(c2N)CC1. The van der Waals surface area contributed by atoms with E-state index in [9.17, 15) is 15.2 Å². The van der Waals surface area contributed by atoms with E-state index in [1.54, 1.807) is 24.3 Å². The number of aliphatic hydroxyl groups is 1. The highest BCUT2D eigenvalue weighted by atomic mass is 19.3. The first kappa shape index (κ1) is 26.6. The normalized spacial score (nSPS) is 26.2. The molecule has 2 heterocycles. The van der Waals surface area contributed by atoms with E-state index in [-0.39, 0.29) is 41.7 Å². The number of anilines is 1. The van der Waals surface area contributed by atoms with Crippen molar-refractivity contribution in [3.8, 4) is 6.07 Å². The van der Waals surface area contributed by atoms with Crippen LogP contribution in [0.25, 0.3) is 0 Å². The van der Waals surface area contributed by atoms with E-state index in [4.69, 9.17) is 11.5 Å². The van der Waals surface area contributed by atoms with Gasteiger partial charge < -0.3 is 16.6 Å². The number of hydrogen-bond donors (Lipinski definition) is 3. The van der Waals surface area contributed by atoms with Crippen molar-refractivity contribution in [1.82, 2.24) is 4.57 Å². The lowest BCUT2D eigenvalue weighted by molar-refractivity contribution is -0.176. The van der Waals surface area contributed by atoms with Gasteiger partial charge in [0.1, 0.15) is 17.3 Å². The number of aliphatic imine (C=N–C) groups is 1. The lowest BCUT2D eigenvalue weighted by Gasteiger charge is -2.32. The molecule has 5 N–H and O–H groups in total. The average molecular weight is 510 g/mol. The molecule has 1 aromatic carbocycles. The third-order valence-electron chi connectivity index (χ3n) is 7.55. The molecule has 1 aliphatic heterocycles. The monoisotopic (exact) mass is 509 g/mol. The molecule has 1 saturated carbocycles. The average Bonchev–Trinajstić information content (AvgIpc) is 3.66. The summed E-state index contributed by atoms with van der Waals surface area (Å²) in [6.07, 6.45) is 5.47. The number of amidine groups is 1. The van der Waals surface area contributed by atoms with Crippen molar-refractivity contribution >= 4 is 11.7 Å². The molecule has 2 aromatic rings. The summed E-state index contributed by atoms with van der Waals surface area (Å²) in [4.78, 5) is 17.8. The number of benzene rings is 1. The van der Waals surface area contributed by atoms with E-state index in [1.807, 2.05) is 6.92 Å². The van der Waals surface area contributed by atoms with Crippen molar-refractivity contribution in [2.45, 2.75) is 76.0 Å². The standard InChI is InChI=1S/C28H33F2N5O2/c1-18-6-3-4-10-26(2,37)28(29,30)20-8-5-7-19(14-20)16-34-23(32)21-15-22(27(17-31)11-12-27)25(36)35(13-9-18)24(21)33/h3-5,7-8,14-15,18,37H,6,9-13,16,33H2,1-2H3,(H2,32,34)/b4-3-. The van der Waals surface area contributed by atoms with Crippen molar-refractivity contribution < 1.29 is 13.9 Å². The Balaban J connectivity index is 1.83. The number of allylic oxidation sites excluding steroid dienone is 1. The van der Waals surface area contributed by atoms with Gasteiger partial charge in [-0.25, -0.2) is 0 Å². The Kier molecular flexibility index (Phi) is 6.99. The molecule has 0 amide bonds. The third kappa shape index (κ3) is 5.03. The van der Waals surface area contributed by atoms with Crippen LogP contribution in [-0.4, -0.2) is 21.1 Å². The van der Waals surface area contributed by atoms with Crippen LogP contribution in [0.1, 0.15) is 68.2 Å². The van der Waals surface area contributed by atoms with Crippen molar-refractivity contribution in [3.05, 3.63) is 75.1 Å². The highest BCUT2D eigenvalue weighted by Gasteiger charge is 2.50. The molecule has 1 fully saturated rings. The summed E-state index contributed by atoms with van der Waals surface area (Å²) in [6.45, 7) is 3.43. The minimum Gasteiger partial charge on any atom is -0.384 e. The van der Waals surface area contributed by atoms with Crippen LogP contribution in [0.3, 0.4) is 0 Å². The quantitative estimate of drug-likeness (QED) is 0.498. The van der Waals surface area contributed by atoms with E-state index in [0.717, 1.165) is 6.92 Å². The summed E-state index contributed by atoms with van der Waals surface area (Å²) in [6, 6.07) is 9.57. The molecular formula is C28H33F2N5O2. The number of pyridine rings is 1. The zero-order chi connectivity index (χ0) is 27.0. The number of alkyl halides is 2. The fourth-order valence-electron chi connectivity index (χ4n) is 4.69. The Morgan fingerprint density at radius 2 is 1.95 bits per heavy atom. The van der Waals surface area contributed by atoms with Crippen LogP contribution in [0.15, 0.2) is 52.3 Å². The van der Waals surface area contributed by atoms with Crippen molar-refractivity contribution in [3.63, 3.8) is 0 Å². The lowest BCUT2D eigenvalue weighted by atomic mass is 9.87. The van der Waals surface area contributed by atoms with Gasteiger partial charge in [0.15, 0.2) is 0 Å². The second kappa shape index (κ2) is 9.75. The van der Waals surface area contributed by atoms with Crippen LogP contribution in [0.4, 0.5) is 14.6 Å². The van der Waals surface area contributed by atoms with E-state index in [1.165, 1.54) is 22.8 Å². The summed E-state index contributed by atoms with van der Waals surface area (Å²) in [5, 5.41) is 20.4. The van der Waals surface area contributed by atoms with Gasteiger partial charge in [0.05, 0.1) is 23.6 Å². The molecule has 2 unspecified atom stereocenters. The summed E-state index contributed by atoms with van der Waals surface area (Å²) < 4.78 is 32.1. The fourth-order valence-corrected chi connectivity index (χ4v) is 4.69. The third-order valence-corrected chi connectivity index (χ3v) is 7.55. The first-order valence-electron chi connectivity index (χ1n) is 12.5. The van der Waals surface area contributed by atoms with Crippen molar-refractivity contribution in [2.75, 3.05) is 5.73 Å². The van der Waals surface area contributed by atoms with E-state index >= 15 is 8.78 Å². The molecule has 2 aliphatic rings. The number of fused-ring (bicyclic) bond motifs is 4. The van der Waals surface area contributed by atoms with Gasteiger partial charge in [-0.2, -0.15) is 14.0 Å². The molecule has 196 valence electrons. The zero-order valence-electron chi connectivity index (χ0n) is 21.2. The number of rotatable bonds is 1. The second-order valence-electron chi connectivity index (χ2n) is 10.6. The molecule has 4 bridgehead atoms. The topological polar surface area (TPSA) is 130 Å². The summed E-state index contributed by atoms with van der Waals surface area (Å²) in [5.41, 5.74) is 10.2.